The normalized spacial score (nSPS) is 14.4. The monoisotopic (exact) mass is 1060 g/mol. The third-order valence-corrected chi connectivity index (χ3v) is 7.48. The summed E-state index contributed by atoms with van der Waals surface area (Å²) >= 11 is 0. The zero-order chi connectivity index (χ0) is 58.7. The van der Waals surface area contributed by atoms with E-state index in [1.165, 1.54) is 56.3 Å². The minimum atomic E-state index is -0.677. The molecular formula is C53H86N6O16. The van der Waals surface area contributed by atoms with Gasteiger partial charge in [-0.2, -0.15) is 0 Å². The Kier molecular flexibility index (Phi) is 64.6. The molecule has 3 aliphatic rings. The van der Waals surface area contributed by atoms with E-state index in [4.69, 9.17) is 33.2 Å². The summed E-state index contributed by atoms with van der Waals surface area (Å²) < 4.78 is 42.7. The van der Waals surface area contributed by atoms with Crippen molar-refractivity contribution in [2.24, 2.45) is 34.4 Å². The number of cyclic esters (lactones) is 3. The van der Waals surface area contributed by atoms with Crippen molar-refractivity contribution in [2.75, 3.05) is 95.6 Å². The van der Waals surface area contributed by atoms with Crippen LogP contribution in [0, 0.1) is 0 Å². The Morgan fingerprint density at radius 1 is 0.440 bits per heavy atom. The van der Waals surface area contributed by atoms with E-state index in [2.05, 4.69) is 63.6 Å². The van der Waals surface area contributed by atoms with Crippen LogP contribution in [0.5, 0.6) is 0 Å². The van der Waals surface area contributed by atoms with Crippen molar-refractivity contribution in [1.29, 1.82) is 0 Å². The first-order valence-electron chi connectivity index (χ1n) is 23.0. The van der Waals surface area contributed by atoms with Gasteiger partial charge in [0.2, 0.25) is 0 Å². The van der Waals surface area contributed by atoms with Crippen LogP contribution in [-0.2, 0) is 76.2 Å². The molecule has 3 heterocycles. The molecule has 3 fully saturated rings. The Morgan fingerprint density at radius 2 is 0.667 bits per heavy atom. The molecule has 22 heteroatoms. The lowest BCUT2D eigenvalue weighted by molar-refractivity contribution is -0.161. The highest BCUT2D eigenvalue weighted by molar-refractivity contribution is 5.91. The van der Waals surface area contributed by atoms with E-state index in [0.29, 0.717) is 42.6 Å². The highest BCUT2D eigenvalue weighted by Crippen LogP contribution is 2.20. The first-order chi connectivity index (χ1) is 36.2. The molecule has 0 radical (unpaired) electrons. The van der Waals surface area contributed by atoms with Gasteiger partial charge in [0.1, 0.15) is 51.3 Å². The number of benzene rings is 3. The summed E-state index contributed by atoms with van der Waals surface area (Å²) in [6.07, 6.45) is -0.0906. The van der Waals surface area contributed by atoms with Crippen LogP contribution in [0.4, 0.5) is 0 Å². The summed E-state index contributed by atoms with van der Waals surface area (Å²) in [6, 6.07) is 36.0. The molecule has 0 bridgehead atoms. The van der Waals surface area contributed by atoms with Crippen LogP contribution in [-0.4, -0.2) is 156 Å². The van der Waals surface area contributed by atoms with Gasteiger partial charge in [0.15, 0.2) is 6.61 Å². The maximum atomic E-state index is 11.0. The zero-order valence-electron chi connectivity index (χ0n) is 45.3. The SMILES string of the molecule is C=C1CC(COC(=O)COC(C)=O)OC1=O.C=C1CC(COC(=O)COC)OC1=O.C=C1CC(COC(=O)COCC)OC1=O.CN.CN.CN.CN.CN.CN.c1ccccc1.c1ccccc1.c1ccccc1. The maximum Gasteiger partial charge on any atom is 0.344 e. The lowest BCUT2D eigenvalue weighted by Gasteiger charge is -2.09. The summed E-state index contributed by atoms with van der Waals surface area (Å²) in [5, 5.41) is 0. The van der Waals surface area contributed by atoms with Crippen LogP contribution in [0.15, 0.2) is 146 Å². The van der Waals surface area contributed by atoms with Crippen molar-refractivity contribution >= 4 is 41.8 Å². The van der Waals surface area contributed by atoms with Gasteiger partial charge in [-0.15, -0.1) is 0 Å². The van der Waals surface area contributed by atoms with E-state index in [0.717, 1.165) is 0 Å². The Morgan fingerprint density at radius 3 is 0.853 bits per heavy atom. The van der Waals surface area contributed by atoms with E-state index in [-0.39, 0.29) is 33.0 Å². The fourth-order valence-electron chi connectivity index (χ4n) is 4.48. The number of esters is 7. The molecule has 0 aliphatic carbocycles. The molecule has 424 valence electrons. The van der Waals surface area contributed by atoms with Crippen molar-refractivity contribution in [3.63, 3.8) is 0 Å². The second-order valence-electron chi connectivity index (χ2n) is 12.9. The van der Waals surface area contributed by atoms with Gasteiger partial charge in [-0.25, -0.2) is 28.8 Å². The molecule has 0 aromatic heterocycles. The van der Waals surface area contributed by atoms with E-state index in [9.17, 15) is 33.6 Å². The van der Waals surface area contributed by atoms with Gasteiger partial charge in [0.25, 0.3) is 0 Å². The first-order valence-corrected chi connectivity index (χ1v) is 23.0. The third kappa shape index (κ3) is 51.5. The Bertz CT molecular complexity index is 1680. The molecule has 6 rings (SSSR count). The van der Waals surface area contributed by atoms with Crippen LogP contribution >= 0.6 is 0 Å². The molecule has 3 aromatic rings. The number of nitrogens with two attached hydrogens (primary N) is 6. The van der Waals surface area contributed by atoms with E-state index >= 15 is 0 Å². The molecule has 75 heavy (non-hydrogen) atoms. The highest BCUT2D eigenvalue weighted by Gasteiger charge is 2.30. The number of carbonyl (C=O) groups is 7. The second kappa shape index (κ2) is 61.2. The average molecular weight is 1060 g/mol. The van der Waals surface area contributed by atoms with Crippen LogP contribution in [0.25, 0.3) is 0 Å². The van der Waals surface area contributed by atoms with Crippen molar-refractivity contribution in [3.05, 3.63) is 146 Å². The van der Waals surface area contributed by atoms with Crippen molar-refractivity contribution in [1.82, 2.24) is 0 Å². The van der Waals surface area contributed by atoms with E-state index < -0.39 is 66.7 Å². The fourth-order valence-corrected chi connectivity index (χ4v) is 4.48. The molecule has 0 saturated carbocycles. The number of hydrogen-bond donors (Lipinski definition) is 6. The summed E-state index contributed by atoms with van der Waals surface area (Å²) in [7, 11) is 10.4. The van der Waals surface area contributed by atoms with Crippen LogP contribution in [0.1, 0.15) is 33.1 Å². The van der Waals surface area contributed by atoms with E-state index in [1.54, 1.807) is 6.92 Å². The standard InChI is InChI=1S/C10H12O6.C10H14O5.C9H12O5.3C6H6.6CH5N/c1-6-3-8(16-10(6)13)4-15-9(12)5-14-7(2)11;1-3-13-6-9(11)14-5-8-4-7(2)10(12)15-8;1-6-3-7(14-9(6)11)4-13-8(10)5-12-2;3*1-2-4-6-5-3-1;6*1-2/h8H,1,3-5H2,2H3;8H,2-6H2,1H3;7H,1,3-5H2,2H3;3*1-6H;6*2H2,1H3. The fraction of sp³-hybridized carbons (Fsp3) is 0.415. The predicted molar refractivity (Wildman–Crippen MR) is 289 cm³/mol. The van der Waals surface area contributed by atoms with Gasteiger partial charge in [-0.05, 0) is 49.2 Å². The third-order valence-electron chi connectivity index (χ3n) is 7.48. The van der Waals surface area contributed by atoms with Crippen LogP contribution in [0.2, 0.25) is 0 Å². The van der Waals surface area contributed by atoms with Crippen molar-refractivity contribution < 1.29 is 76.2 Å². The Hall–Kier alpha value is -7.15. The van der Waals surface area contributed by atoms with Gasteiger partial charge in [0, 0.05) is 56.6 Å². The Labute approximate surface area is 443 Å². The van der Waals surface area contributed by atoms with Crippen molar-refractivity contribution in [3.8, 4) is 0 Å². The topological polar surface area (TPSA) is 359 Å². The highest BCUT2D eigenvalue weighted by atomic mass is 16.6. The molecule has 3 aliphatic heterocycles. The van der Waals surface area contributed by atoms with Gasteiger partial charge >= 0.3 is 41.8 Å². The number of ether oxygens (including phenoxy) is 9. The van der Waals surface area contributed by atoms with Crippen molar-refractivity contribution in [2.45, 2.75) is 51.4 Å². The van der Waals surface area contributed by atoms with Gasteiger partial charge in [-0.1, -0.05) is 129 Å². The maximum absolute atomic E-state index is 11.0. The summed E-state index contributed by atoms with van der Waals surface area (Å²) in [6.45, 7) is 13.4. The molecule has 22 nitrogen and oxygen atoms in total. The number of hydrogen-bond acceptors (Lipinski definition) is 22. The predicted octanol–water partition coefficient (Wildman–Crippen LogP) is 2.96. The smallest absolute Gasteiger partial charge is 0.344 e. The Balaban J connectivity index is -0.000000189. The molecule has 3 saturated heterocycles. The number of rotatable bonds is 13. The first kappa shape index (κ1) is 79.3. The quantitative estimate of drug-likeness (QED) is 0.0814. The van der Waals surface area contributed by atoms with Crippen LogP contribution in [0.3, 0.4) is 0 Å². The van der Waals surface area contributed by atoms with Crippen LogP contribution < -0.4 is 34.4 Å². The zero-order valence-corrected chi connectivity index (χ0v) is 45.3. The molecule has 0 spiro atoms. The molecular weight excluding hydrogens is 977 g/mol. The molecule has 0 amide bonds. The van der Waals surface area contributed by atoms with Gasteiger partial charge < -0.3 is 77.0 Å². The van der Waals surface area contributed by atoms with E-state index in [1.807, 2.05) is 109 Å². The van der Waals surface area contributed by atoms with Gasteiger partial charge in [-0.3, -0.25) is 4.79 Å². The van der Waals surface area contributed by atoms with Gasteiger partial charge in [0.05, 0.1) is 0 Å². The minimum Gasteiger partial charge on any atom is -0.460 e. The molecule has 3 atom stereocenters. The lowest BCUT2D eigenvalue weighted by Crippen LogP contribution is -2.21. The lowest BCUT2D eigenvalue weighted by atomic mass is 10.2. The minimum absolute atomic E-state index is 0.0507. The molecule has 3 unspecified atom stereocenters. The number of carbonyl (C=O) groups excluding carboxylic acids is 7. The second-order valence-corrected chi connectivity index (χ2v) is 12.9. The summed E-state index contributed by atoms with van der Waals surface area (Å²) in [5.74, 6) is -3.47. The molecule has 12 N–H and O–H groups in total. The largest absolute Gasteiger partial charge is 0.460 e. The summed E-state index contributed by atoms with van der Waals surface area (Å²) in [5.41, 5.74) is 28.2. The average Bonchev–Trinajstić information content (AvgIpc) is 4.11. The number of methoxy groups -OCH3 is 1. The summed E-state index contributed by atoms with van der Waals surface area (Å²) in [4.78, 5) is 75.9. The molecule has 3 aromatic carbocycles.